The van der Waals surface area contributed by atoms with Crippen molar-refractivity contribution in [2.45, 2.75) is 62.2 Å². The molecule has 10 nitrogen and oxygen atoms in total. The van der Waals surface area contributed by atoms with Crippen LogP contribution < -0.4 is 15.5 Å². The molecule has 212 valence electrons. The van der Waals surface area contributed by atoms with E-state index in [1.54, 1.807) is 29.7 Å². The van der Waals surface area contributed by atoms with Crippen molar-refractivity contribution in [1.82, 2.24) is 5.48 Å². The highest BCUT2D eigenvalue weighted by atomic mass is 32.2. The lowest BCUT2D eigenvalue weighted by molar-refractivity contribution is -0.645. The predicted octanol–water partition coefficient (Wildman–Crippen LogP) is 4.15. The van der Waals surface area contributed by atoms with Crippen LogP contribution in [-0.4, -0.2) is 34.0 Å². The molecule has 1 aliphatic rings. The lowest BCUT2D eigenvalue weighted by Crippen LogP contribution is -2.32. The van der Waals surface area contributed by atoms with Crippen molar-refractivity contribution in [3.05, 3.63) is 94.8 Å². The Morgan fingerprint density at radius 1 is 0.950 bits per heavy atom. The molecule has 3 aromatic rings. The predicted molar refractivity (Wildman–Crippen MR) is 148 cm³/mol. The van der Waals surface area contributed by atoms with Crippen molar-refractivity contribution < 1.29 is 34.1 Å². The van der Waals surface area contributed by atoms with Crippen LogP contribution in [0.1, 0.15) is 61.2 Å². The zero-order chi connectivity index (χ0) is 28.3. The van der Waals surface area contributed by atoms with E-state index in [1.807, 2.05) is 42.5 Å². The van der Waals surface area contributed by atoms with E-state index in [1.165, 1.54) is 18.0 Å². The van der Waals surface area contributed by atoms with Gasteiger partial charge in [0.05, 0.1) is 18.8 Å². The number of unbranched alkanes of at least 4 members (excludes halogenated alkanes) is 1. The highest BCUT2D eigenvalue weighted by Crippen LogP contribution is 2.39. The maximum Gasteiger partial charge on any atom is 0.251 e. The number of aliphatic hydroxyl groups is 1. The molecule has 0 unspecified atom stereocenters. The Labute approximate surface area is 236 Å². The van der Waals surface area contributed by atoms with Crippen LogP contribution >= 0.6 is 11.8 Å². The second-order valence-corrected chi connectivity index (χ2v) is 10.5. The summed E-state index contributed by atoms with van der Waals surface area (Å²) in [6.45, 7) is -0.0349. The van der Waals surface area contributed by atoms with E-state index >= 15 is 0 Å². The van der Waals surface area contributed by atoms with Gasteiger partial charge in [-0.3, -0.25) is 14.8 Å². The maximum absolute atomic E-state index is 12.3. The van der Waals surface area contributed by atoms with Crippen LogP contribution in [0.2, 0.25) is 0 Å². The first-order valence-electron chi connectivity index (χ1n) is 13.1. The van der Waals surface area contributed by atoms with E-state index in [0.717, 1.165) is 21.4 Å². The number of hydrogen-bond acceptors (Lipinski definition) is 8. The number of benzene rings is 2. The number of aliphatic hydroxyl groups excluding tert-OH is 1. The topological polar surface area (TPSA) is 144 Å². The molecule has 1 fully saturated rings. The number of aromatic nitrogens is 1. The maximum atomic E-state index is 12.3. The highest BCUT2D eigenvalue weighted by Gasteiger charge is 2.32. The molecule has 2 aromatic carbocycles. The molecule has 0 spiro atoms. The highest BCUT2D eigenvalue weighted by molar-refractivity contribution is 7.99. The van der Waals surface area contributed by atoms with E-state index in [9.17, 15) is 19.9 Å². The number of amides is 2. The zero-order valence-electron chi connectivity index (χ0n) is 21.9. The fourth-order valence-corrected chi connectivity index (χ4v) is 5.23. The van der Waals surface area contributed by atoms with Gasteiger partial charge in [0.1, 0.15) is 0 Å². The normalized spacial score (nSPS) is 18.7. The molecule has 2 amide bonds. The molecule has 4 N–H and O–H groups in total. The quantitative estimate of drug-likeness (QED) is 0.0638. The molecule has 1 saturated heterocycles. The minimum absolute atomic E-state index is 0.0349. The summed E-state index contributed by atoms with van der Waals surface area (Å²) in [6.07, 6.45) is 2.41. The van der Waals surface area contributed by atoms with Gasteiger partial charge in [-0.05, 0) is 42.2 Å². The summed E-state index contributed by atoms with van der Waals surface area (Å²) >= 11 is 1.43. The Balaban J connectivity index is 1.40. The molecule has 1 aliphatic heterocycles. The number of hydroxylamine groups is 1. The Morgan fingerprint density at radius 2 is 1.65 bits per heavy atom. The number of nitrogens with one attached hydrogen (secondary N) is 2. The molecule has 2 heterocycles. The first-order valence-corrected chi connectivity index (χ1v) is 14.1. The Kier molecular flexibility index (Phi) is 10.9. The van der Waals surface area contributed by atoms with Gasteiger partial charge in [-0.25, -0.2) is 5.48 Å². The summed E-state index contributed by atoms with van der Waals surface area (Å²) < 4.78 is 13.5. The first-order chi connectivity index (χ1) is 19.4. The van der Waals surface area contributed by atoms with Crippen molar-refractivity contribution in [2.24, 2.45) is 0 Å². The lowest BCUT2D eigenvalue weighted by Gasteiger charge is -2.36. The van der Waals surface area contributed by atoms with Gasteiger partial charge in [0.25, 0.3) is 5.03 Å². The second-order valence-electron chi connectivity index (χ2n) is 9.44. The average Bonchev–Trinajstić information content (AvgIpc) is 2.99. The number of nitrogens with zero attached hydrogens (tertiary/aromatic N) is 1. The van der Waals surface area contributed by atoms with Crippen LogP contribution in [0, 0.1) is 5.21 Å². The molecule has 4 rings (SSSR count). The van der Waals surface area contributed by atoms with Crippen LogP contribution in [0.25, 0.3) is 0 Å². The van der Waals surface area contributed by atoms with Crippen LogP contribution in [0.4, 0.5) is 5.69 Å². The molecule has 0 bridgehead atoms. The number of pyridine rings is 1. The van der Waals surface area contributed by atoms with Gasteiger partial charge in [0.15, 0.2) is 12.5 Å². The molecule has 0 aliphatic carbocycles. The lowest BCUT2D eigenvalue weighted by atomic mass is 10.0. The zero-order valence-corrected chi connectivity index (χ0v) is 22.7. The fraction of sp³-hybridized carbons (Fsp3) is 0.345. The van der Waals surface area contributed by atoms with Crippen molar-refractivity contribution in [3.63, 3.8) is 0 Å². The van der Waals surface area contributed by atoms with Crippen LogP contribution in [0.5, 0.6) is 0 Å². The third-order valence-electron chi connectivity index (χ3n) is 6.47. The van der Waals surface area contributed by atoms with Gasteiger partial charge in [-0.2, -0.15) is 4.73 Å². The average molecular weight is 568 g/mol. The van der Waals surface area contributed by atoms with E-state index in [0.29, 0.717) is 35.7 Å². The van der Waals surface area contributed by atoms with Crippen molar-refractivity contribution in [3.8, 4) is 0 Å². The molecule has 40 heavy (non-hydrogen) atoms. The second kappa shape index (κ2) is 14.8. The Hall–Kier alpha value is -3.48. The van der Waals surface area contributed by atoms with E-state index in [2.05, 4.69) is 5.32 Å². The smallest absolute Gasteiger partial charge is 0.251 e. The van der Waals surface area contributed by atoms with E-state index in [-0.39, 0.29) is 37.6 Å². The van der Waals surface area contributed by atoms with Gasteiger partial charge < -0.3 is 25.1 Å². The fourth-order valence-electron chi connectivity index (χ4n) is 4.30. The number of carbonyl (C=O) groups excluding carboxylic acids is 2. The molecular weight excluding hydrogens is 534 g/mol. The molecule has 0 saturated carbocycles. The molecular formula is C29H33N3O7S. The Morgan fingerprint density at radius 3 is 2.33 bits per heavy atom. The van der Waals surface area contributed by atoms with Gasteiger partial charge in [-0.1, -0.05) is 48.2 Å². The number of thioether (sulfide) groups is 1. The monoisotopic (exact) mass is 567 g/mol. The number of hydrogen-bond donors (Lipinski definition) is 4. The minimum atomic E-state index is -0.653. The third kappa shape index (κ3) is 8.51. The standard InChI is InChI=1S/C29H33N3O7S/c33-18-20-8-10-21(11-9-20)25-17-24(19-40-28-7-3-4-16-32(28)37)38-29(39-25)22-12-14-23(15-13-22)30-26(34)5-1-2-6-27(35)31-36/h3-4,7-16,24-25,29,33,36H,1-2,5-6,17-19H2,(H,30,34)(H,31,35)/t24-,25+,29+/m0/s1. The van der Waals surface area contributed by atoms with E-state index < -0.39 is 12.2 Å². The van der Waals surface area contributed by atoms with Gasteiger partial charge in [-0.15, -0.1) is 0 Å². The van der Waals surface area contributed by atoms with Gasteiger partial charge in [0, 0.05) is 48.4 Å². The van der Waals surface area contributed by atoms with E-state index in [4.69, 9.17) is 14.7 Å². The summed E-state index contributed by atoms with van der Waals surface area (Å²) in [5, 5.41) is 33.5. The molecule has 11 heteroatoms. The molecule has 1 aromatic heterocycles. The van der Waals surface area contributed by atoms with Crippen molar-refractivity contribution >= 4 is 29.3 Å². The van der Waals surface area contributed by atoms with Crippen LogP contribution in [0.3, 0.4) is 0 Å². The number of rotatable bonds is 12. The summed E-state index contributed by atoms with van der Waals surface area (Å²) in [4.78, 5) is 23.3. The first kappa shape index (κ1) is 29.5. The van der Waals surface area contributed by atoms with Crippen LogP contribution in [0.15, 0.2) is 78.0 Å². The number of ether oxygens (including phenoxy) is 2. The number of carbonyl (C=O) groups is 2. The largest absolute Gasteiger partial charge is 0.618 e. The third-order valence-corrected chi connectivity index (χ3v) is 7.62. The van der Waals surface area contributed by atoms with Crippen molar-refractivity contribution in [2.75, 3.05) is 11.1 Å². The number of anilines is 1. The summed E-state index contributed by atoms with van der Waals surface area (Å²) in [5.41, 5.74) is 4.79. The molecule has 0 radical (unpaired) electrons. The minimum Gasteiger partial charge on any atom is -0.618 e. The molecule has 3 atom stereocenters. The SMILES string of the molecule is O=C(CCCCC(=O)Nc1ccc([C@@H]2O[C@H](CSc3cccc[n+]3[O-])C[C@H](c3ccc(CO)cc3)O2)cc1)NO. The summed E-state index contributed by atoms with van der Waals surface area (Å²) in [5.74, 6) is -0.0735. The van der Waals surface area contributed by atoms with Gasteiger partial charge >= 0.3 is 0 Å². The summed E-state index contributed by atoms with van der Waals surface area (Å²) in [6, 6.07) is 20.2. The Bertz CT molecular complexity index is 1260. The van der Waals surface area contributed by atoms with Gasteiger partial charge in [0.2, 0.25) is 11.8 Å². The van der Waals surface area contributed by atoms with Crippen LogP contribution in [-0.2, 0) is 25.7 Å². The van der Waals surface area contributed by atoms with Crippen molar-refractivity contribution in [1.29, 1.82) is 0 Å². The summed E-state index contributed by atoms with van der Waals surface area (Å²) in [7, 11) is 0.